The summed E-state index contributed by atoms with van der Waals surface area (Å²) in [6, 6.07) is 6.16. The molecule has 0 saturated heterocycles. The molecule has 0 aliphatic heterocycles. The molecule has 2 rings (SSSR count). The summed E-state index contributed by atoms with van der Waals surface area (Å²) in [4.78, 5) is 15.7. The van der Waals surface area contributed by atoms with Crippen molar-refractivity contribution in [1.29, 1.82) is 0 Å². The lowest BCUT2D eigenvalue weighted by atomic mass is 9.98. The average Bonchev–Trinajstić information content (AvgIpc) is 2.90. The second kappa shape index (κ2) is 7.62. The van der Waals surface area contributed by atoms with E-state index in [1.54, 1.807) is 7.11 Å². The van der Waals surface area contributed by atoms with Crippen molar-refractivity contribution >= 4 is 16.8 Å². The van der Waals surface area contributed by atoms with Crippen molar-refractivity contribution in [2.45, 2.75) is 38.6 Å². The maximum Gasteiger partial charge on any atom is 0.225 e. The van der Waals surface area contributed by atoms with Gasteiger partial charge in [-0.1, -0.05) is 25.1 Å². The lowest BCUT2D eigenvalue weighted by molar-refractivity contribution is -0.123. The topological polar surface area (TPSA) is 74.3 Å². The number of rotatable bonds is 8. The van der Waals surface area contributed by atoms with E-state index in [4.69, 9.17) is 4.74 Å². The summed E-state index contributed by atoms with van der Waals surface area (Å²) in [7, 11) is 1.59. The van der Waals surface area contributed by atoms with E-state index in [1.165, 1.54) is 5.56 Å². The van der Waals surface area contributed by atoms with E-state index in [9.17, 15) is 9.90 Å². The molecule has 1 unspecified atom stereocenters. The maximum atomic E-state index is 12.4. The molecule has 1 atom stereocenters. The van der Waals surface area contributed by atoms with E-state index in [2.05, 4.69) is 23.3 Å². The molecule has 5 nitrogen and oxygen atoms in total. The van der Waals surface area contributed by atoms with Gasteiger partial charge in [0.05, 0.1) is 18.6 Å². The molecule has 1 heterocycles. The second-order valence-electron chi connectivity index (χ2n) is 6.20. The van der Waals surface area contributed by atoms with Crippen molar-refractivity contribution < 1.29 is 14.6 Å². The summed E-state index contributed by atoms with van der Waals surface area (Å²) in [6.07, 6.45) is 3.62. The highest BCUT2D eigenvalue weighted by atomic mass is 16.5. The van der Waals surface area contributed by atoms with Crippen LogP contribution in [0.4, 0.5) is 0 Å². The molecule has 0 fully saturated rings. The molecule has 5 heteroatoms. The van der Waals surface area contributed by atoms with Gasteiger partial charge in [0.25, 0.3) is 0 Å². The van der Waals surface area contributed by atoms with Crippen molar-refractivity contribution in [2.75, 3.05) is 20.3 Å². The van der Waals surface area contributed by atoms with E-state index in [1.807, 2.05) is 25.3 Å². The Hall–Kier alpha value is -1.85. The SMILES string of the molecule is CCc1cccc2c(CC(=O)NC(C)(CCO)COC)c[nH]c12. The molecule has 126 valence electrons. The fraction of sp³-hybridized carbons (Fsp3) is 0.500. The molecular formula is C18H26N2O3. The molecule has 23 heavy (non-hydrogen) atoms. The van der Waals surface area contributed by atoms with Gasteiger partial charge in [-0.25, -0.2) is 0 Å². The van der Waals surface area contributed by atoms with E-state index < -0.39 is 5.54 Å². The van der Waals surface area contributed by atoms with Crippen LogP contribution in [-0.2, 0) is 22.4 Å². The van der Waals surface area contributed by atoms with Gasteiger partial charge in [0, 0.05) is 30.8 Å². The molecule has 0 spiro atoms. The first-order valence-corrected chi connectivity index (χ1v) is 8.01. The number of methoxy groups -OCH3 is 1. The number of hydrogen-bond acceptors (Lipinski definition) is 3. The normalized spacial score (nSPS) is 13.9. The monoisotopic (exact) mass is 318 g/mol. The number of aliphatic hydroxyl groups excluding tert-OH is 1. The Bertz CT molecular complexity index is 657. The van der Waals surface area contributed by atoms with Crippen LogP contribution in [0, 0.1) is 0 Å². The highest BCUT2D eigenvalue weighted by molar-refractivity contribution is 5.90. The highest BCUT2D eigenvalue weighted by Gasteiger charge is 2.26. The number of carbonyl (C=O) groups is 1. The number of benzene rings is 1. The summed E-state index contributed by atoms with van der Waals surface area (Å²) < 4.78 is 5.16. The van der Waals surface area contributed by atoms with Gasteiger partial charge in [0.1, 0.15) is 0 Å². The van der Waals surface area contributed by atoms with Gasteiger partial charge in [-0.15, -0.1) is 0 Å². The first-order valence-electron chi connectivity index (χ1n) is 8.01. The molecule has 2 aromatic rings. The number of hydrogen-bond donors (Lipinski definition) is 3. The quantitative estimate of drug-likeness (QED) is 0.698. The molecule has 0 aliphatic carbocycles. The Labute approximate surface area is 137 Å². The predicted molar refractivity (Wildman–Crippen MR) is 91.5 cm³/mol. The molecule has 1 aromatic carbocycles. The number of nitrogens with one attached hydrogen (secondary N) is 2. The summed E-state index contributed by atoms with van der Waals surface area (Å²) >= 11 is 0. The summed E-state index contributed by atoms with van der Waals surface area (Å²) in [5, 5.41) is 13.3. The number of aromatic amines is 1. The number of amides is 1. The molecule has 0 saturated carbocycles. The largest absolute Gasteiger partial charge is 0.396 e. The third-order valence-corrected chi connectivity index (χ3v) is 4.19. The second-order valence-corrected chi connectivity index (χ2v) is 6.20. The van der Waals surface area contributed by atoms with Crippen LogP contribution >= 0.6 is 0 Å². The van der Waals surface area contributed by atoms with E-state index in [0.29, 0.717) is 19.4 Å². The van der Waals surface area contributed by atoms with Crippen LogP contribution in [0.2, 0.25) is 0 Å². The standard InChI is InChI=1S/C18H26N2O3/c1-4-13-6-5-7-15-14(11-19-17(13)15)10-16(22)20-18(2,8-9-21)12-23-3/h5-7,11,19,21H,4,8-10,12H2,1-3H3,(H,20,22). The first-order chi connectivity index (χ1) is 11.0. The Morgan fingerprint density at radius 2 is 2.17 bits per heavy atom. The number of aliphatic hydroxyl groups is 1. The van der Waals surface area contributed by atoms with Crippen LogP contribution in [0.1, 0.15) is 31.4 Å². The van der Waals surface area contributed by atoms with Crippen molar-refractivity contribution in [3.63, 3.8) is 0 Å². The third-order valence-electron chi connectivity index (χ3n) is 4.19. The molecule has 0 radical (unpaired) electrons. The van der Waals surface area contributed by atoms with Crippen molar-refractivity contribution in [3.05, 3.63) is 35.5 Å². The number of ether oxygens (including phenoxy) is 1. The molecule has 1 amide bonds. The lowest BCUT2D eigenvalue weighted by Crippen LogP contribution is -2.50. The van der Waals surface area contributed by atoms with Gasteiger partial charge >= 0.3 is 0 Å². The summed E-state index contributed by atoms with van der Waals surface area (Å²) in [5.74, 6) is -0.0687. The van der Waals surface area contributed by atoms with Gasteiger partial charge in [-0.05, 0) is 30.9 Å². The molecule has 0 bridgehead atoms. The minimum absolute atomic E-state index is 0.00703. The Kier molecular flexibility index (Phi) is 5.80. The zero-order valence-corrected chi connectivity index (χ0v) is 14.1. The Morgan fingerprint density at radius 1 is 1.39 bits per heavy atom. The van der Waals surface area contributed by atoms with Crippen molar-refractivity contribution in [1.82, 2.24) is 10.3 Å². The molecule has 1 aromatic heterocycles. The number of H-pyrrole nitrogens is 1. The molecular weight excluding hydrogens is 292 g/mol. The maximum absolute atomic E-state index is 12.4. The number of fused-ring (bicyclic) bond motifs is 1. The lowest BCUT2D eigenvalue weighted by Gasteiger charge is -2.29. The highest BCUT2D eigenvalue weighted by Crippen LogP contribution is 2.23. The summed E-state index contributed by atoms with van der Waals surface area (Å²) in [5.41, 5.74) is 2.78. The summed E-state index contributed by atoms with van der Waals surface area (Å²) in [6.45, 7) is 4.38. The minimum Gasteiger partial charge on any atom is -0.396 e. The number of para-hydroxylation sites is 1. The van der Waals surface area contributed by atoms with Crippen LogP contribution in [0.15, 0.2) is 24.4 Å². The zero-order chi connectivity index (χ0) is 16.9. The Balaban J connectivity index is 2.14. The van der Waals surface area contributed by atoms with Gasteiger partial charge in [0.15, 0.2) is 0 Å². The number of aromatic nitrogens is 1. The first kappa shape index (κ1) is 17.5. The van der Waals surface area contributed by atoms with Crippen LogP contribution in [0.5, 0.6) is 0 Å². The van der Waals surface area contributed by atoms with Gasteiger partial charge in [0.2, 0.25) is 5.91 Å². The predicted octanol–water partition coefficient (Wildman–Crippen LogP) is 2.18. The number of carbonyl (C=O) groups excluding carboxylic acids is 1. The fourth-order valence-electron chi connectivity index (χ4n) is 3.01. The van der Waals surface area contributed by atoms with Gasteiger partial charge in [-0.3, -0.25) is 4.79 Å². The third kappa shape index (κ3) is 4.12. The van der Waals surface area contributed by atoms with E-state index >= 15 is 0 Å². The molecule has 0 aliphatic rings. The Morgan fingerprint density at radius 3 is 2.83 bits per heavy atom. The van der Waals surface area contributed by atoms with Gasteiger partial charge in [-0.2, -0.15) is 0 Å². The van der Waals surface area contributed by atoms with Gasteiger partial charge < -0.3 is 20.1 Å². The fourth-order valence-corrected chi connectivity index (χ4v) is 3.01. The van der Waals surface area contributed by atoms with E-state index in [0.717, 1.165) is 22.9 Å². The van der Waals surface area contributed by atoms with Crippen LogP contribution in [0.25, 0.3) is 10.9 Å². The van der Waals surface area contributed by atoms with Crippen LogP contribution in [-0.4, -0.2) is 41.9 Å². The van der Waals surface area contributed by atoms with E-state index in [-0.39, 0.29) is 12.5 Å². The van der Waals surface area contributed by atoms with Crippen LogP contribution < -0.4 is 5.32 Å². The zero-order valence-electron chi connectivity index (χ0n) is 14.1. The molecule has 3 N–H and O–H groups in total. The average molecular weight is 318 g/mol. The number of aryl methyl sites for hydroxylation is 1. The van der Waals surface area contributed by atoms with Crippen LogP contribution in [0.3, 0.4) is 0 Å². The smallest absolute Gasteiger partial charge is 0.225 e. The van der Waals surface area contributed by atoms with Crippen molar-refractivity contribution in [2.24, 2.45) is 0 Å². The van der Waals surface area contributed by atoms with Crippen molar-refractivity contribution in [3.8, 4) is 0 Å². The minimum atomic E-state index is -0.554.